The molecule has 21 heavy (non-hydrogen) atoms. The number of ether oxygens (including phenoxy) is 3. The van der Waals surface area contributed by atoms with Crippen molar-refractivity contribution in [3.63, 3.8) is 0 Å². The molecule has 3 aliphatic heterocycles. The number of carbonyl (C=O) groups excluding carboxylic acids is 1. The van der Waals surface area contributed by atoms with Crippen molar-refractivity contribution in [3.8, 4) is 5.75 Å². The van der Waals surface area contributed by atoms with E-state index >= 15 is 0 Å². The first-order valence-corrected chi connectivity index (χ1v) is 7.75. The topological polar surface area (TPSA) is 44.8 Å². The SMILES string of the molecule is O=C(C1CCOC2(CCOC2)C1)C1COc2ccccc21. The molecule has 2 saturated heterocycles. The summed E-state index contributed by atoms with van der Waals surface area (Å²) >= 11 is 0. The lowest BCUT2D eigenvalue weighted by atomic mass is 9.78. The summed E-state index contributed by atoms with van der Waals surface area (Å²) in [5, 5.41) is 0. The van der Waals surface area contributed by atoms with Crippen molar-refractivity contribution in [2.75, 3.05) is 26.4 Å². The molecule has 112 valence electrons. The van der Waals surface area contributed by atoms with E-state index in [1.54, 1.807) is 0 Å². The van der Waals surface area contributed by atoms with Crippen LogP contribution in [0, 0.1) is 5.92 Å². The second-order valence-electron chi connectivity index (χ2n) is 6.33. The van der Waals surface area contributed by atoms with E-state index in [1.807, 2.05) is 24.3 Å². The van der Waals surface area contributed by atoms with Crippen LogP contribution >= 0.6 is 0 Å². The molecule has 1 aromatic carbocycles. The Morgan fingerprint density at radius 1 is 1.24 bits per heavy atom. The third-order valence-corrected chi connectivity index (χ3v) is 5.01. The molecule has 3 atom stereocenters. The maximum atomic E-state index is 12.9. The van der Waals surface area contributed by atoms with Crippen molar-refractivity contribution < 1.29 is 19.0 Å². The van der Waals surface area contributed by atoms with Crippen molar-refractivity contribution >= 4 is 5.78 Å². The molecule has 3 aliphatic rings. The second kappa shape index (κ2) is 5.11. The van der Waals surface area contributed by atoms with Crippen molar-refractivity contribution in [2.24, 2.45) is 5.92 Å². The maximum absolute atomic E-state index is 12.9. The minimum atomic E-state index is -0.211. The van der Waals surface area contributed by atoms with Gasteiger partial charge >= 0.3 is 0 Å². The smallest absolute Gasteiger partial charge is 0.147 e. The molecule has 4 heteroatoms. The number of fused-ring (bicyclic) bond motifs is 1. The quantitative estimate of drug-likeness (QED) is 0.838. The van der Waals surface area contributed by atoms with Crippen LogP contribution in [0.2, 0.25) is 0 Å². The lowest BCUT2D eigenvalue weighted by Crippen LogP contribution is -2.43. The zero-order valence-corrected chi connectivity index (χ0v) is 12.0. The van der Waals surface area contributed by atoms with Crippen LogP contribution in [0.4, 0.5) is 0 Å². The van der Waals surface area contributed by atoms with Crippen LogP contribution in [0.25, 0.3) is 0 Å². The Labute approximate surface area is 124 Å². The van der Waals surface area contributed by atoms with Crippen molar-refractivity contribution in [1.82, 2.24) is 0 Å². The summed E-state index contributed by atoms with van der Waals surface area (Å²) in [6.45, 7) is 2.53. The fraction of sp³-hybridized carbons (Fsp3) is 0.588. The second-order valence-corrected chi connectivity index (χ2v) is 6.33. The highest BCUT2D eigenvalue weighted by Gasteiger charge is 2.45. The molecule has 0 aromatic heterocycles. The minimum Gasteiger partial charge on any atom is -0.492 e. The largest absolute Gasteiger partial charge is 0.492 e. The van der Waals surface area contributed by atoms with Crippen LogP contribution < -0.4 is 4.74 Å². The van der Waals surface area contributed by atoms with E-state index in [9.17, 15) is 4.79 Å². The zero-order chi connectivity index (χ0) is 14.3. The summed E-state index contributed by atoms with van der Waals surface area (Å²) in [6.07, 6.45) is 2.53. The number of benzene rings is 1. The first kappa shape index (κ1) is 13.3. The molecular formula is C17H20O4. The summed E-state index contributed by atoms with van der Waals surface area (Å²) in [6, 6.07) is 7.88. The highest BCUT2D eigenvalue weighted by molar-refractivity contribution is 5.89. The van der Waals surface area contributed by atoms with Gasteiger partial charge in [-0.25, -0.2) is 0 Å². The number of para-hydroxylation sites is 1. The van der Waals surface area contributed by atoms with Gasteiger partial charge in [-0.05, 0) is 18.9 Å². The molecule has 4 nitrogen and oxygen atoms in total. The molecule has 1 spiro atoms. The minimum absolute atomic E-state index is 0.0696. The van der Waals surface area contributed by atoms with Gasteiger partial charge in [-0.3, -0.25) is 4.79 Å². The average molecular weight is 288 g/mol. The predicted octanol–water partition coefficient (Wildman–Crippen LogP) is 2.32. The number of ketones is 1. The van der Waals surface area contributed by atoms with Gasteiger partial charge in [0.25, 0.3) is 0 Å². The van der Waals surface area contributed by atoms with Crippen LogP contribution in [0.1, 0.15) is 30.7 Å². The maximum Gasteiger partial charge on any atom is 0.147 e. The van der Waals surface area contributed by atoms with Gasteiger partial charge in [0.1, 0.15) is 18.1 Å². The van der Waals surface area contributed by atoms with E-state index < -0.39 is 0 Å². The fourth-order valence-electron chi connectivity index (χ4n) is 3.82. The summed E-state index contributed by atoms with van der Waals surface area (Å²) in [5.74, 6) is 1.14. The van der Waals surface area contributed by atoms with Gasteiger partial charge in [-0.15, -0.1) is 0 Å². The van der Waals surface area contributed by atoms with Crippen LogP contribution in [0.5, 0.6) is 5.75 Å². The van der Waals surface area contributed by atoms with Gasteiger partial charge in [0.15, 0.2) is 0 Å². The first-order chi connectivity index (χ1) is 10.3. The standard InChI is InChI=1S/C17H20O4/c18-16(14-10-20-15-4-2-1-3-13(14)15)12-5-7-21-17(9-12)6-8-19-11-17/h1-4,12,14H,5-11H2. The molecule has 0 N–H and O–H groups in total. The summed E-state index contributed by atoms with van der Waals surface area (Å²) in [7, 11) is 0. The highest BCUT2D eigenvalue weighted by Crippen LogP contribution is 2.41. The Morgan fingerprint density at radius 2 is 2.14 bits per heavy atom. The highest BCUT2D eigenvalue weighted by atomic mass is 16.6. The molecule has 0 amide bonds. The van der Waals surface area contributed by atoms with Crippen LogP contribution in [0.15, 0.2) is 24.3 Å². The first-order valence-electron chi connectivity index (χ1n) is 7.75. The van der Waals surface area contributed by atoms with E-state index in [2.05, 4.69) is 0 Å². The normalized spacial score (nSPS) is 34.7. The molecule has 3 heterocycles. The van der Waals surface area contributed by atoms with Crippen LogP contribution in [-0.2, 0) is 14.3 Å². The van der Waals surface area contributed by atoms with Gasteiger partial charge in [-0.1, -0.05) is 18.2 Å². The molecule has 0 saturated carbocycles. The number of hydrogen-bond acceptors (Lipinski definition) is 4. The predicted molar refractivity (Wildman–Crippen MR) is 76.5 cm³/mol. The molecule has 3 unspecified atom stereocenters. The number of hydrogen-bond donors (Lipinski definition) is 0. The van der Waals surface area contributed by atoms with Gasteiger partial charge in [0.2, 0.25) is 0 Å². The Hall–Kier alpha value is -1.39. The van der Waals surface area contributed by atoms with E-state index in [0.29, 0.717) is 25.6 Å². The van der Waals surface area contributed by atoms with E-state index in [-0.39, 0.29) is 17.4 Å². The lowest BCUT2D eigenvalue weighted by Gasteiger charge is -2.37. The molecule has 0 aliphatic carbocycles. The van der Waals surface area contributed by atoms with Crippen LogP contribution in [-0.4, -0.2) is 37.8 Å². The van der Waals surface area contributed by atoms with E-state index in [0.717, 1.165) is 37.2 Å². The van der Waals surface area contributed by atoms with E-state index in [1.165, 1.54) is 0 Å². The summed E-state index contributed by atoms with van der Waals surface area (Å²) in [5.41, 5.74) is 0.836. The van der Waals surface area contributed by atoms with Crippen molar-refractivity contribution in [1.29, 1.82) is 0 Å². The number of carbonyl (C=O) groups is 1. The van der Waals surface area contributed by atoms with Crippen molar-refractivity contribution in [3.05, 3.63) is 29.8 Å². The average Bonchev–Trinajstić information content (AvgIpc) is 3.14. The molecular weight excluding hydrogens is 268 g/mol. The molecule has 0 radical (unpaired) electrons. The molecule has 2 fully saturated rings. The van der Waals surface area contributed by atoms with Gasteiger partial charge < -0.3 is 14.2 Å². The number of rotatable bonds is 2. The molecule has 1 aromatic rings. The Balaban J connectivity index is 1.53. The van der Waals surface area contributed by atoms with Gasteiger partial charge in [-0.2, -0.15) is 0 Å². The third kappa shape index (κ3) is 2.27. The van der Waals surface area contributed by atoms with Gasteiger partial charge in [0.05, 0.1) is 18.1 Å². The Kier molecular flexibility index (Phi) is 3.23. The summed E-state index contributed by atoms with van der Waals surface area (Å²) in [4.78, 5) is 12.9. The van der Waals surface area contributed by atoms with E-state index in [4.69, 9.17) is 14.2 Å². The van der Waals surface area contributed by atoms with Crippen molar-refractivity contribution in [2.45, 2.75) is 30.8 Å². The third-order valence-electron chi connectivity index (χ3n) is 5.01. The molecule has 4 rings (SSSR count). The van der Waals surface area contributed by atoms with Crippen LogP contribution in [0.3, 0.4) is 0 Å². The lowest BCUT2D eigenvalue weighted by molar-refractivity contribution is -0.138. The zero-order valence-electron chi connectivity index (χ0n) is 12.0. The molecule has 0 bridgehead atoms. The van der Waals surface area contributed by atoms with Gasteiger partial charge in [0, 0.05) is 31.1 Å². The monoisotopic (exact) mass is 288 g/mol. The number of Topliss-reactive ketones (excluding diaryl/α,β-unsaturated/α-hetero) is 1. The Bertz CT molecular complexity index is 547. The Morgan fingerprint density at radius 3 is 3.00 bits per heavy atom. The fourth-order valence-corrected chi connectivity index (χ4v) is 3.82. The summed E-state index contributed by atoms with van der Waals surface area (Å²) < 4.78 is 17.1.